The van der Waals surface area contributed by atoms with Crippen molar-refractivity contribution in [2.45, 2.75) is 51.0 Å². The fourth-order valence-corrected chi connectivity index (χ4v) is 3.57. The number of hydrogen-bond donors (Lipinski definition) is 2. The van der Waals surface area contributed by atoms with Crippen molar-refractivity contribution in [1.29, 1.82) is 0 Å². The molecule has 1 saturated carbocycles. The Labute approximate surface area is 159 Å². The van der Waals surface area contributed by atoms with Gasteiger partial charge in [-0.05, 0) is 44.2 Å². The zero-order chi connectivity index (χ0) is 19.1. The van der Waals surface area contributed by atoms with E-state index in [-0.39, 0.29) is 30.4 Å². The zero-order valence-corrected chi connectivity index (χ0v) is 15.4. The Hall–Kier alpha value is -2.63. The van der Waals surface area contributed by atoms with Gasteiger partial charge in [-0.1, -0.05) is 37.1 Å². The molecule has 0 heterocycles. The van der Waals surface area contributed by atoms with Crippen LogP contribution < -0.4 is 10.6 Å². The summed E-state index contributed by atoms with van der Waals surface area (Å²) in [6.45, 7) is -0.350. The number of hydrogen-bond acceptors (Lipinski definition) is 4. The summed E-state index contributed by atoms with van der Waals surface area (Å²) in [7, 11) is 0. The van der Waals surface area contributed by atoms with E-state index in [1.165, 1.54) is 0 Å². The third kappa shape index (κ3) is 5.42. The SMILES string of the molecule is O=C(COC(=O)[C@H]1CC=CCC1)Nc1ccccc1C(=O)NC1CCCC1. The van der Waals surface area contributed by atoms with Crippen LogP contribution in [0, 0.1) is 5.92 Å². The summed E-state index contributed by atoms with van der Waals surface area (Å²) in [4.78, 5) is 36.7. The average Bonchev–Trinajstić information content (AvgIpc) is 3.20. The smallest absolute Gasteiger partial charge is 0.309 e. The van der Waals surface area contributed by atoms with E-state index < -0.39 is 5.91 Å². The molecule has 0 bridgehead atoms. The quantitative estimate of drug-likeness (QED) is 0.595. The Bertz CT molecular complexity index is 723. The maximum atomic E-state index is 12.5. The molecule has 2 amide bonds. The van der Waals surface area contributed by atoms with Crippen molar-refractivity contribution in [2.24, 2.45) is 5.92 Å². The molecule has 0 saturated heterocycles. The molecule has 6 nitrogen and oxygen atoms in total. The number of para-hydroxylation sites is 1. The van der Waals surface area contributed by atoms with Crippen LogP contribution in [0.3, 0.4) is 0 Å². The molecule has 2 N–H and O–H groups in total. The normalized spacial score (nSPS) is 19.5. The number of allylic oxidation sites excluding steroid dienone is 2. The van der Waals surface area contributed by atoms with Crippen molar-refractivity contribution in [1.82, 2.24) is 5.32 Å². The van der Waals surface area contributed by atoms with E-state index in [1.54, 1.807) is 24.3 Å². The summed E-state index contributed by atoms with van der Waals surface area (Å²) < 4.78 is 5.14. The fraction of sp³-hybridized carbons (Fsp3) is 0.476. The van der Waals surface area contributed by atoms with Gasteiger partial charge in [0.1, 0.15) is 0 Å². The van der Waals surface area contributed by atoms with E-state index in [4.69, 9.17) is 4.74 Å². The Balaban J connectivity index is 1.53. The molecule has 2 aliphatic rings. The van der Waals surface area contributed by atoms with Crippen LogP contribution in [0.1, 0.15) is 55.3 Å². The Morgan fingerprint density at radius 3 is 2.56 bits per heavy atom. The standard InChI is InChI=1S/C21H26N2O4/c24-19(14-27-21(26)15-8-2-1-3-9-15)23-18-13-7-6-12-17(18)20(25)22-16-10-4-5-11-16/h1-2,6-7,12-13,15-16H,3-5,8-11,14H2,(H,22,25)(H,23,24)/t15-/m0/s1. The number of esters is 1. The first-order valence-corrected chi connectivity index (χ1v) is 9.65. The first kappa shape index (κ1) is 19.1. The van der Waals surface area contributed by atoms with E-state index in [2.05, 4.69) is 10.6 Å². The van der Waals surface area contributed by atoms with Crippen LogP contribution in [0.15, 0.2) is 36.4 Å². The number of carbonyl (C=O) groups is 3. The minimum Gasteiger partial charge on any atom is -0.455 e. The lowest BCUT2D eigenvalue weighted by Gasteiger charge is -2.17. The van der Waals surface area contributed by atoms with Gasteiger partial charge >= 0.3 is 5.97 Å². The summed E-state index contributed by atoms with van der Waals surface area (Å²) in [5.74, 6) is -1.16. The molecule has 0 radical (unpaired) electrons. The highest BCUT2D eigenvalue weighted by Gasteiger charge is 2.22. The van der Waals surface area contributed by atoms with Crippen molar-refractivity contribution in [3.63, 3.8) is 0 Å². The van der Waals surface area contributed by atoms with Crippen LogP contribution in [0.5, 0.6) is 0 Å². The van der Waals surface area contributed by atoms with Gasteiger partial charge in [-0.3, -0.25) is 14.4 Å². The third-order valence-electron chi connectivity index (χ3n) is 5.08. The Morgan fingerprint density at radius 1 is 1.04 bits per heavy atom. The van der Waals surface area contributed by atoms with E-state index in [0.717, 1.165) is 38.5 Å². The van der Waals surface area contributed by atoms with Crippen LogP contribution in [0.25, 0.3) is 0 Å². The average molecular weight is 370 g/mol. The van der Waals surface area contributed by atoms with Crippen LogP contribution >= 0.6 is 0 Å². The second-order valence-electron chi connectivity index (χ2n) is 7.14. The number of ether oxygens (including phenoxy) is 1. The molecule has 0 aromatic heterocycles. The Morgan fingerprint density at radius 2 is 1.81 bits per heavy atom. The maximum Gasteiger partial charge on any atom is 0.309 e. The van der Waals surface area contributed by atoms with Crippen molar-refractivity contribution in [3.8, 4) is 0 Å². The number of anilines is 1. The molecular formula is C21H26N2O4. The van der Waals surface area contributed by atoms with Crippen molar-refractivity contribution < 1.29 is 19.1 Å². The summed E-state index contributed by atoms with van der Waals surface area (Å²) in [5.41, 5.74) is 0.844. The maximum absolute atomic E-state index is 12.5. The first-order valence-electron chi connectivity index (χ1n) is 9.65. The van der Waals surface area contributed by atoms with Gasteiger partial charge in [0.15, 0.2) is 6.61 Å². The van der Waals surface area contributed by atoms with Gasteiger partial charge < -0.3 is 15.4 Å². The van der Waals surface area contributed by atoms with Gasteiger partial charge in [0.25, 0.3) is 11.8 Å². The highest BCUT2D eigenvalue weighted by molar-refractivity contribution is 6.04. The second-order valence-corrected chi connectivity index (χ2v) is 7.14. The minimum absolute atomic E-state index is 0.174. The van der Waals surface area contributed by atoms with Crippen molar-refractivity contribution in [3.05, 3.63) is 42.0 Å². The lowest BCUT2D eigenvalue weighted by atomic mass is 9.95. The molecule has 3 rings (SSSR count). The fourth-order valence-electron chi connectivity index (χ4n) is 3.57. The molecule has 1 atom stereocenters. The predicted molar refractivity (Wildman–Crippen MR) is 102 cm³/mol. The van der Waals surface area contributed by atoms with Crippen LogP contribution in [0.4, 0.5) is 5.69 Å². The number of benzene rings is 1. The van der Waals surface area contributed by atoms with E-state index >= 15 is 0 Å². The van der Waals surface area contributed by atoms with E-state index in [9.17, 15) is 14.4 Å². The molecule has 27 heavy (non-hydrogen) atoms. The molecule has 1 aromatic rings. The van der Waals surface area contributed by atoms with Gasteiger partial charge in [0.2, 0.25) is 0 Å². The lowest BCUT2D eigenvalue weighted by molar-refractivity contribution is -0.151. The number of carbonyl (C=O) groups excluding carboxylic acids is 3. The summed E-state index contributed by atoms with van der Waals surface area (Å²) in [6, 6.07) is 7.07. The van der Waals surface area contributed by atoms with Crippen molar-refractivity contribution >= 4 is 23.5 Å². The van der Waals surface area contributed by atoms with Crippen LogP contribution in [0.2, 0.25) is 0 Å². The van der Waals surface area contributed by atoms with Crippen LogP contribution in [-0.4, -0.2) is 30.4 Å². The molecule has 144 valence electrons. The van der Waals surface area contributed by atoms with Gasteiger partial charge in [0.05, 0.1) is 17.2 Å². The Kier molecular flexibility index (Phi) is 6.63. The van der Waals surface area contributed by atoms with E-state index in [1.807, 2.05) is 12.2 Å². The number of nitrogens with one attached hydrogen (secondary N) is 2. The number of amides is 2. The molecule has 0 aliphatic heterocycles. The number of rotatable bonds is 6. The van der Waals surface area contributed by atoms with Gasteiger partial charge in [0, 0.05) is 6.04 Å². The topological polar surface area (TPSA) is 84.5 Å². The largest absolute Gasteiger partial charge is 0.455 e. The monoisotopic (exact) mass is 370 g/mol. The molecule has 2 aliphatic carbocycles. The van der Waals surface area contributed by atoms with Gasteiger partial charge in [-0.2, -0.15) is 0 Å². The molecular weight excluding hydrogens is 344 g/mol. The molecule has 6 heteroatoms. The highest BCUT2D eigenvalue weighted by atomic mass is 16.5. The molecule has 0 spiro atoms. The second kappa shape index (κ2) is 9.35. The zero-order valence-electron chi connectivity index (χ0n) is 15.4. The minimum atomic E-state index is -0.448. The first-order chi connectivity index (χ1) is 13.1. The van der Waals surface area contributed by atoms with Crippen LogP contribution in [-0.2, 0) is 14.3 Å². The summed E-state index contributed by atoms with van der Waals surface area (Å²) >= 11 is 0. The highest BCUT2D eigenvalue weighted by Crippen LogP contribution is 2.21. The predicted octanol–water partition coefficient (Wildman–Crippen LogP) is 3.20. The molecule has 0 unspecified atom stereocenters. The molecule has 1 aromatic carbocycles. The molecule has 1 fully saturated rings. The summed E-state index contributed by atoms with van der Waals surface area (Å²) in [5, 5.41) is 5.70. The van der Waals surface area contributed by atoms with Crippen molar-refractivity contribution in [2.75, 3.05) is 11.9 Å². The lowest BCUT2D eigenvalue weighted by Crippen LogP contribution is -2.33. The van der Waals surface area contributed by atoms with Gasteiger partial charge in [-0.15, -0.1) is 0 Å². The third-order valence-corrected chi connectivity index (χ3v) is 5.08. The van der Waals surface area contributed by atoms with Gasteiger partial charge in [-0.25, -0.2) is 0 Å². The van der Waals surface area contributed by atoms with E-state index in [0.29, 0.717) is 17.7 Å². The summed E-state index contributed by atoms with van der Waals surface area (Å²) in [6.07, 6.45) is 10.5.